The van der Waals surface area contributed by atoms with Gasteiger partial charge in [-0.2, -0.15) is 0 Å². The van der Waals surface area contributed by atoms with Crippen molar-refractivity contribution < 1.29 is 51.0 Å². The maximum absolute atomic E-state index is 14.9. The first-order valence-corrected chi connectivity index (χ1v) is 42.2. The van der Waals surface area contributed by atoms with E-state index in [0.717, 1.165) is 105 Å². The van der Waals surface area contributed by atoms with Gasteiger partial charge in [-0.05, 0) is 230 Å². The number of halogens is 4. The molecule has 25 nitrogen and oxygen atoms in total. The number of carbonyl (C=O) groups is 4. The monoisotopic (exact) mass is 1670 g/mol. The highest BCUT2D eigenvalue weighted by molar-refractivity contribution is 6.03. The number of rotatable bonds is 16. The Morgan fingerprint density at radius 2 is 0.718 bits per heavy atom. The molecule has 8 bridgehead atoms. The highest BCUT2D eigenvalue weighted by atomic mass is 19.1. The zero-order chi connectivity index (χ0) is 85.5. The molecule has 12 fully saturated rings. The third-order valence-corrected chi connectivity index (χ3v) is 24.7. The number of carbonyl (C=O) groups excluding carboxylic acids is 4. The number of aromatic nitrogens is 13. The van der Waals surface area contributed by atoms with E-state index >= 15 is 0 Å². The van der Waals surface area contributed by atoms with Crippen molar-refractivity contribution in [3.63, 3.8) is 0 Å². The highest BCUT2D eigenvalue weighted by Gasteiger charge is 2.49. The van der Waals surface area contributed by atoms with Gasteiger partial charge in [-0.25, -0.2) is 77.4 Å². The molecular weight excluding hydrogens is 1580 g/mol. The van der Waals surface area contributed by atoms with Gasteiger partial charge in [0.1, 0.15) is 47.4 Å². The first-order valence-electron chi connectivity index (χ1n) is 42.2. The van der Waals surface area contributed by atoms with Gasteiger partial charge in [0, 0.05) is 141 Å². The fourth-order valence-corrected chi connectivity index (χ4v) is 18.7. The van der Waals surface area contributed by atoms with Crippen LogP contribution >= 0.6 is 0 Å². The lowest BCUT2D eigenvalue weighted by Crippen LogP contribution is -2.59. The molecule has 0 radical (unpaired) electrons. The van der Waals surface area contributed by atoms with Gasteiger partial charge in [0.25, 0.3) is 23.6 Å². The Labute approximate surface area is 714 Å². The van der Waals surface area contributed by atoms with E-state index in [-0.39, 0.29) is 83.3 Å². The van der Waals surface area contributed by atoms with Gasteiger partial charge in [-0.3, -0.25) is 24.2 Å². The lowest BCUT2D eigenvalue weighted by molar-refractivity contribution is -0.0315. The Bertz CT molecular complexity index is 5550. The molecule has 4 aromatic carbocycles. The molecule has 8 saturated heterocycles. The summed E-state index contributed by atoms with van der Waals surface area (Å²) in [7, 11) is 0. The van der Waals surface area contributed by atoms with E-state index in [9.17, 15) is 36.7 Å². The van der Waals surface area contributed by atoms with E-state index in [4.69, 9.17) is 14.2 Å². The molecule has 8 aromatic heterocycles. The lowest BCUT2D eigenvalue weighted by Gasteiger charge is -2.50. The van der Waals surface area contributed by atoms with Crippen LogP contribution in [0.3, 0.4) is 0 Å². The maximum Gasteiger partial charge on any atom is 0.257 e. The third-order valence-electron chi connectivity index (χ3n) is 24.7. The number of hydrogen-bond donors (Lipinski definition) is 1. The van der Waals surface area contributed by atoms with Crippen molar-refractivity contribution in [1.82, 2.24) is 84.4 Å². The summed E-state index contributed by atoms with van der Waals surface area (Å²) in [6.07, 6.45) is 32.6. The predicted molar refractivity (Wildman–Crippen MR) is 453 cm³/mol. The summed E-state index contributed by atoms with van der Waals surface area (Å²) in [6, 6.07) is 35.3. The predicted octanol–water partition coefficient (Wildman–Crippen LogP) is 15.7. The van der Waals surface area contributed by atoms with Crippen molar-refractivity contribution >= 4 is 29.4 Å². The molecule has 4 aliphatic carbocycles. The quantitative estimate of drug-likeness (QED) is 0.0879. The molecule has 4 amide bonds. The number of benzene rings is 4. The van der Waals surface area contributed by atoms with E-state index in [1.54, 1.807) is 134 Å². The second-order valence-corrected chi connectivity index (χ2v) is 33.1. The number of nitrogens with one attached hydrogen (secondary N) is 1. The summed E-state index contributed by atoms with van der Waals surface area (Å²) in [4.78, 5) is 118. The Morgan fingerprint density at radius 1 is 0.339 bits per heavy atom. The van der Waals surface area contributed by atoms with Crippen LogP contribution in [-0.2, 0) is 0 Å². The number of aryl methyl sites for hydroxylation is 4. The molecule has 12 aliphatic rings. The van der Waals surface area contributed by atoms with Gasteiger partial charge in [0.2, 0.25) is 17.6 Å². The van der Waals surface area contributed by atoms with Gasteiger partial charge in [0.15, 0.2) is 23.3 Å². The van der Waals surface area contributed by atoms with Crippen LogP contribution in [0, 0.1) is 74.6 Å². The summed E-state index contributed by atoms with van der Waals surface area (Å²) in [5.74, 6) is 2.67. The average Bonchev–Trinajstić information content (AvgIpc) is 0.775. The summed E-state index contributed by atoms with van der Waals surface area (Å²) in [6.45, 7) is 10.5. The second-order valence-electron chi connectivity index (χ2n) is 33.1. The molecule has 1 N–H and O–H groups in total. The van der Waals surface area contributed by atoms with Gasteiger partial charge in [-0.15, -0.1) is 0 Å². The first-order chi connectivity index (χ1) is 60.3. The number of amides is 4. The first kappa shape index (κ1) is 82.8. The van der Waals surface area contributed by atoms with Crippen LogP contribution in [0.2, 0.25) is 0 Å². The van der Waals surface area contributed by atoms with Crippen LogP contribution in [0.25, 0.3) is 45.6 Å². The number of piperidine rings is 8. The standard InChI is InChI=1S/3C24H23FN4O2.C23H23FN6O/c1-15-3-8-22(28-13-15)31-21-11-16-4-7-20(21)29(14-16)24(30)18-6-5-17(25)12-19(18)23-26-9-2-10-27-23;1-15-3-8-22(28-13-15)31-21-11-16-4-7-20(21)29(14-16)24(30)19-12-17(25)5-6-18(19)23-26-9-2-10-27-23;1-15-6-9-21(28-13-15)31-20-12-16-7-8-19(20)29(14-16)24(30)22-17(4-2-5-18(22)25)23-26-10-3-11-27-23;1-14-11-28-21(12-27-14)29-19-9-15-3-6-20(19)30(13-15)23(31)17-5-4-16(24)10-18(17)22-25-7-2-8-26-22/h2*2-3,5-6,8-10,12-13,16,20-21H,4,7,11,14H2,1H3;2-6,9-11,13,16,19-20H,7-8,12,14H2,1H3;2,4-5,7-8,10-12,15,19-20H,3,6,9,13H2,1H3,(H,28,29). The third kappa shape index (κ3) is 18.6. The second kappa shape index (κ2) is 37.1. The normalized spacial score (nSPS) is 22.4. The Kier molecular flexibility index (Phi) is 24.8. The average molecular weight is 1670 g/mol. The van der Waals surface area contributed by atoms with Gasteiger partial charge in [0.05, 0.1) is 64.5 Å². The molecule has 4 saturated carbocycles. The molecule has 632 valence electrons. The van der Waals surface area contributed by atoms with Crippen molar-refractivity contribution in [3.8, 4) is 63.2 Å². The number of nitrogens with zero attached hydrogens (tertiary/aromatic N) is 17. The number of ether oxygens (including phenoxy) is 3. The Morgan fingerprint density at radius 3 is 1.12 bits per heavy atom. The van der Waals surface area contributed by atoms with Gasteiger partial charge in [-0.1, -0.05) is 30.3 Å². The van der Waals surface area contributed by atoms with E-state index in [0.29, 0.717) is 124 Å². The Hall–Kier alpha value is -13.5. The molecule has 8 aliphatic heterocycles. The summed E-state index contributed by atoms with van der Waals surface area (Å²) >= 11 is 0. The largest absolute Gasteiger partial charge is 0.472 e. The molecular formula is C95H92F4N18O7. The van der Waals surface area contributed by atoms with Crippen molar-refractivity contribution in [3.05, 3.63) is 282 Å². The fourth-order valence-electron chi connectivity index (χ4n) is 18.7. The van der Waals surface area contributed by atoms with Crippen LogP contribution in [0.15, 0.2) is 214 Å². The molecule has 16 heterocycles. The molecule has 12 unspecified atom stereocenters. The zero-order valence-electron chi connectivity index (χ0n) is 68.9. The molecule has 12 atom stereocenters. The Balaban J connectivity index is 0.000000117. The van der Waals surface area contributed by atoms with Crippen LogP contribution in [0.1, 0.15) is 141 Å². The van der Waals surface area contributed by atoms with Crippen LogP contribution in [0.5, 0.6) is 17.6 Å². The van der Waals surface area contributed by atoms with Crippen LogP contribution in [0.4, 0.5) is 23.4 Å². The molecule has 124 heavy (non-hydrogen) atoms. The molecule has 29 heteroatoms. The summed E-state index contributed by atoms with van der Waals surface area (Å²) < 4.78 is 75.7. The summed E-state index contributed by atoms with van der Waals surface area (Å²) in [5.41, 5.74) is 6.96. The zero-order valence-corrected chi connectivity index (χ0v) is 68.9. The smallest absolute Gasteiger partial charge is 0.257 e. The number of pyridine rings is 3. The minimum absolute atomic E-state index is 0.0217. The van der Waals surface area contributed by atoms with Crippen LogP contribution in [-0.4, -0.2) is 183 Å². The summed E-state index contributed by atoms with van der Waals surface area (Å²) in [5, 5.41) is 3.48. The topological polar surface area (TPSA) is 289 Å². The van der Waals surface area contributed by atoms with Crippen molar-refractivity contribution in [2.75, 3.05) is 31.5 Å². The van der Waals surface area contributed by atoms with Crippen molar-refractivity contribution in [2.24, 2.45) is 23.7 Å². The van der Waals surface area contributed by atoms with Gasteiger partial charge >= 0.3 is 0 Å². The minimum Gasteiger partial charge on any atom is -0.472 e. The lowest BCUT2D eigenvalue weighted by atomic mass is 9.76. The number of hydrogen-bond acceptors (Lipinski definition) is 21. The molecule has 24 rings (SSSR count). The highest BCUT2D eigenvalue weighted by Crippen LogP contribution is 2.44. The number of anilines is 1. The maximum atomic E-state index is 14.9. The van der Waals surface area contributed by atoms with E-state index < -0.39 is 23.3 Å². The van der Waals surface area contributed by atoms with Crippen LogP contribution < -0.4 is 19.5 Å². The van der Waals surface area contributed by atoms with E-state index in [2.05, 4.69) is 70.1 Å². The van der Waals surface area contributed by atoms with E-state index in [1.807, 2.05) is 78.8 Å². The van der Waals surface area contributed by atoms with Crippen molar-refractivity contribution in [1.29, 1.82) is 0 Å². The molecule has 12 aromatic rings. The van der Waals surface area contributed by atoms with Gasteiger partial charge < -0.3 is 39.1 Å². The van der Waals surface area contributed by atoms with Crippen molar-refractivity contribution in [2.45, 2.75) is 153 Å². The number of fused-ring (bicyclic) bond motifs is 12. The minimum atomic E-state index is -0.561. The van der Waals surface area contributed by atoms with E-state index in [1.165, 1.54) is 48.5 Å². The molecule has 0 spiro atoms. The SMILES string of the molecule is Cc1ccc(OC2CC3CCC2N(C(=O)c2c(F)cccc2-c2ncccn2)C3)nc1.Cc1ccc(OC2CC3CCC2N(C(=O)c2cc(F)ccc2-c2ncccn2)C3)nc1.Cc1ccc(OC2CC3CCC2N(C(=O)c2ccc(F)cc2-c2ncccn2)C3)nc1.Cc1cnc(NC2CC3CCC2N(C(=O)c2ccc(F)cc2-c2ncccn2)C3)cn1. The fraction of sp³-hybridized carbons (Fsp3) is 0.337.